The second kappa shape index (κ2) is 3.94. The Kier molecular flexibility index (Phi) is 3.16. The van der Waals surface area contributed by atoms with Crippen LogP contribution < -0.4 is 5.84 Å². The van der Waals surface area contributed by atoms with Crippen molar-refractivity contribution in [2.45, 2.75) is 32.1 Å². The maximum atomic E-state index is 5.56. The summed E-state index contributed by atoms with van der Waals surface area (Å²) in [7, 11) is 1.95. The average Bonchev–Trinajstić information content (AvgIpc) is 1.88. The Morgan fingerprint density at radius 2 is 1.90 bits per heavy atom. The highest BCUT2D eigenvalue weighted by atomic mass is 15.4. The van der Waals surface area contributed by atoms with Gasteiger partial charge in [-0.2, -0.15) is 0 Å². The van der Waals surface area contributed by atoms with Gasteiger partial charge in [0.2, 0.25) is 0 Å². The summed E-state index contributed by atoms with van der Waals surface area (Å²) in [5, 5.41) is 1.82. The minimum absolute atomic E-state index is 0.878. The molecule has 0 atom stereocenters. The van der Waals surface area contributed by atoms with Crippen molar-refractivity contribution in [3.8, 4) is 0 Å². The lowest BCUT2D eigenvalue weighted by Gasteiger charge is -2.24. The Morgan fingerprint density at radius 1 is 1.30 bits per heavy atom. The summed E-state index contributed by atoms with van der Waals surface area (Å²) >= 11 is 0. The minimum atomic E-state index is 0.878. The van der Waals surface area contributed by atoms with Crippen LogP contribution in [0.1, 0.15) is 32.1 Å². The van der Waals surface area contributed by atoms with Gasteiger partial charge in [0.15, 0.2) is 0 Å². The van der Waals surface area contributed by atoms with Crippen molar-refractivity contribution in [2.24, 2.45) is 11.8 Å². The average molecular weight is 142 g/mol. The fourth-order valence-corrected chi connectivity index (χ4v) is 1.78. The van der Waals surface area contributed by atoms with Gasteiger partial charge in [-0.05, 0) is 18.8 Å². The first-order valence-electron chi connectivity index (χ1n) is 4.25. The smallest absolute Gasteiger partial charge is 0.0153 e. The quantitative estimate of drug-likeness (QED) is 0.466. The van der Waals surface area contributed by atoms with Crippen LogP contribution in [0.4, 0.5) is 0 Å². The zero-order valence-corrected chi connectivity index (χ0v) is 6.84. The van der Waals surface area contributed by atoms with E-state index in [0.29, 0.717) is 0 Å². The van der Waals surface area contributed by atoms with Crippen LogP contribution in [0.15, 0.2) is 0 Å². The summed E-state index contributed by atoms with van der Waals surface area (Å²) in [6.45, 7) is 1.08. The van der Waals surface area contributed by atoms with Crippen molar-refractivity contribution in [3.05, 3.63) is 0 Å². The third kappa shape index (κ3) is 2.67. The first-order valence-corrected chi connectivity index (χ1v) is 4.25. The molecule has 1 rings (SSSR count). The number of hydrazine groups is 1. The van der Waals surface area contributed by atoms with Crippen molar-refractivity contribution in [2.75, 3.05) is 13.6 Å². The highest BCUT2D eigenvalue weighted by molar-refractivity contribution is 4.66. The third-order valence-electron chi connectivity index (χ3n) is 2.27. The van der Waals surface area contributed by atoms with E-state index in [-0.39, 0.29) is 0 Å². The van der Waals surface area contributed by atoms with Crippen molar-refractivity contribution in [3.63, 3.8) is 0 Å². The number of hydrogen-bond donors (Lipinski definition) is 1. The largest absolute Gasteiger partial charge is 0.269 e. The van der Waals surface area contributed by atoms with Gasteiger partial charge < -0.3 is 0 Å². The summed E-state index contributed by atoms with van der Waals surface area (Å²) in [5.74, 6) is 6.44. The van der Waals surface area contributed by atoms with Crippen LogP contribution >= 0.6 is 0 Å². The molecule has 0 aromatic heterocycles. The van der Waals surface area contributed by atoms with Crippen LogP contribution in [0.2, 0.25) is 0 Å². The van der Waals surface area contributed by atoms with Crippen molar-refractivity contribution < 1.29 is 0 Å². The Bertz CT molecular complexity index is 85.3. The Balaban J connectivity index is 2.13. The lowest BCUT2D eigenvalue weighted by molar-refractivity contribution is 0.238. The van der Waals surface area contributed by atoms with Gasteiger partial charge in [0.05, 0.1) is 0 Å². The van der Waals surface area contributed by atoms with E-state index in [1.54, 1.807) is 0 Å². The van der Waals surface area contributed by atoms with Gasteiger partial charge in [0.25, 0.3) is 0 Å². The van der Waals surface area contributed by atoms with Crippen LogP contribution in [0.3, 0.4) is 0 Å². The highest BCUT2D eigenvalue weighted by Crippen LogP contribution is 2.23. The van der Waals surface area contributed by atoms with Crippen LogP contribution in [-0.4, -0.2) is 18.6 Å². The van der Waals surface area contributed by atoms with Crippen molar-refractivity contribution in [1.82, 2.24) is 5.01 Å². The second-order valence-electron chi connectivity index (χ2n) is 3.44. The van der Waals surface area contributed by atoms with E-state index in [1.165, 1.54) is 32.1 Å². The molecule has 0 saturated heterocycles. The zero-order chi connectivity index (χ0) is 7.40. The van der Waals surface area contributed by atoms with Gasteiger partial charge in [-0.25, -0.2) is 5.01 Å². The normalized spacial score (nSPS) is 21.9. The number of hydrogen-bond acceptors (Lipinski definition) is 2. The monoisotopic (exact) mass is 142 g/mol. The van der Waals surface area contributed by atoms with E-state index in [2.05, 4.69) is 0 Å². The SMILES string of the molecule is CN(N)CC1CCCCC1. The molecular formula is C8H18N2. The molecule has 0 aromatic rings. The second-order valence-corrected chi connectivity index (χ2v) is 3.44. The lowest BCUT2D eigenvalue weighted by Crippen LogP contribution is -2.32. The first-order chi connectivity index (χ1) is 4.79. The Hall–Kier alpha value is -0.0800. The molecule has 2 nitrogen and oxygen atoms in total. The predicted molar refractivity (Wildman–Crippen MR) is 43.4 cm³/mol. The summed E-state index contributed by atoms with van der Waals surface area (Å²) in [6.07, 6.45) is 7.05. The molecule has 0 unspecified atom stereocenters. The number of rotatable bonds is 2. The molecule has 2 N–H and O–H groups in total. The summed E-state index contributed by atoms with van der Waals surface area (Å²) < 4.78 is 0. The van der Waals surface area contributed by atoms with Crippen LogP contribution in [0.25, 0.3) is 0 Å². The Labute approximate surface area is 63.4 Å². The molecule has 0 spiro atoms. The van der Waals surface area contributed by atoms with Crippen LogP contribution in [0.5, 0.6) is 0 Å². The Morgan fingerprint density at radius 3 is 2.40 bits per heavy atom. The molecule has 1 fully saturated rings. The van der Waals surface area contributed by atoms with Gasteiger partial charge >= 0.3 is 0 Å². The molecule has 0 amide bonds. The molecule has 0 aliphatic heterocycles. The predicted octanol–water partition coefficient (Wildman–Crippen LogP) is 1.37. The van der Waals surface area contributed by atoms with Gasteiger partial charge in [-0.15, -0.1) is 0 Å². The molecule has 10 heavy (non-hydrogen) atoms. The first kappa shape index (κ1) is 8.02. The molecule has 0 aromatic carbocycles. The molecule has 1 aliphatic rings. The van der Waals surface area contributed by atoms with E-state index in [4.69, 9.17) is 5.84 Å². The molecular weight excluding hydrogens is 124 g/mol. The summed E-state index contributed by atoms with van der Waals surface area (Å²) in [6, 6.07) is 0. The van der Waals surface area contributed by atoms with E-state index in [0.717, 1.165) is 12.5 Å². The molecule has 1 aliphatic carbocycles. The molecule has 0 radical (unpaired) electrons. The van der Waals surface area contributed by atoms with Crippen molar-refractivity contribution in [1.29, 1.82) is 0 Å². The van der Waals surface area contributed by atoms with Gasteiger partial charge in [0, 0.05) is 13.6 Å². The fraction of sp³-hybridized carbons (Fsp3) is 1.00. The highest BCUT2D eigenvalue weighted by Gasteiger charge is 2.13. The van der Waals surface area contributed by atoms with E-state index < -0.39 is 0 Å². The molecule has 0 heterocycles. The number of nitrogens with two attached hydrogens (primary N) is 1. The van der Waals surface area contributed by atoms with Gasteiger partial charge in [-0.3, -0.25) is 5.84 Å². The minimum Gasteiger partial charge on any atom is -0.269 e. The van der Waals surface area contributed by atoms with Gasteiger partial charge in [-0.1, -0.05) is 19.3 Å². The van der Waals surface area contributed by atoms with E-state index in [1.807, 2.05) is 12.1 Å². The van der Waals surface area contributed by atoms with Crippen molar-refractivity contribution >= 4 is 0 Å². The standard InChI is InChI=1S/C8H18N2/c1-10(9)7-8-5-3-2-4-6-8/h8H,2-7,9H2,1H3. The molecule has 1 saturated carbocycles. The third-order valence-corrected chi connectivity index (χ3v) is 2.27. The zero-order valence-electron chi connectivity index (χ0n) is 6.84. The van der Waals surface area contributed by atoms with E-state index in [9.17, 15) is 0 Å². The maximum Gasteiger partial charge on any atom is 0.0153 e. The fourth-order valence-electron chi connectivity index (χ4n) is 1.78. The molecule has 60 valence electrons. The molecule has 0 bridgehead atoms. The van der Waals surface area contributed by atoms with E-state index >= 15 is 0 Å². The maximum absolute atomic E-state index is 5.56. The topological polar surface area (TPSA) is 29.3 Å². The van der Waals surface area contributed by atoms with Crippen LogP contribution in [0, 0.1) is 5.92 Å². The summed E-state index contributed by atoms with van der Waals surface area (Å²) in [5.41, 5.74) is 0. The lowest BCUT2D eigenvalue weighted by atomic mass is 9.89. The molecule has 2 heteroatoms. The summed E-state index contributed by atoms with van der Waals surface area (Å²) in [4.78, 5) is 0. The van der Waals surface area contributed by atoms with Crippen LogP contribution in [-0.2, 0) is 0 Å². The number of nitrogens with zero attached hydrogens (tertiary/aromatic N) is 1. The van der Waals surface area contributed by atoms with Gasteiger partial charge in [0.1, 0.15) is 0 Å².